The summed E-state index contributed by atoms with van der Waals surface area (Å²) < 4.78 is 0. The van der Waals surface area contributed by atoms with E-state index in [-0.39, 0.29) is 22.9 Å². The predicted octanol–water partition coefficient (Wildman–Crippen LogP) is -2.69. The minimum atomic E-state index is -0.0637. The molecule has 58 valence electrons. The van der Waals surface area contributed by atoms with Crippen LogP contribution in [0, 0.1) is 0 Å². The van der Waals surface area contributed by atoms with E-state index in [2.05, 4.69) is 4.99 Å². The summed E-state index contributed by atoms with van der Waals surface area (Å²) in [7, 11) is 0. The van der Waals surface area contributed by atoms with Gasteiger partial charge in [-0.1, -0.05) is 6.08 Å². The van der Waals surface area contributed by atoms with Crippen molar-refractivity contribution >= 4 is 11.7 Å². The Morgan fingerprint density at radius 1 is 1.45 bits per heavy atom. The van der Waals surface area contributed by atoms with Gasteiger partial charge >= 0.3 is 0 Å². The molecule has 0 spiro atoms. The van der Waals surface area contributed by atoms with Crippen molar-refractivity contribution in [3.8, 4) is 0 Å². The third-order valence-corrected chi connectivity index (χ3v) is 1.46. The molecule has 2 rings (SSSR count). The Morgan fingerprint density at radius 3 is 3.00 bits per heavy atom. The molecule has 2 aliphatic rings. The van der Waals surface area contributed by atoms with Crippen LogP contribution in [-0.2, 0) is 4.79 Å². The second kappa shape index (κ2) is 3.00. The third-order valence-electron chi connectivity index (χ3n) is 1.46. The predicted molar refractivity (Wildman–Crippen MR) is 37.4 cm³/mol. The largest absolute Gasteiger partial charge is 1.00 e. The van der Waals surface area contributed by atoms with Gasteiger partial charge in [0.2, 0.25) is 0 Å². The number of allylic oxidation sites excluding steroid dienone is 2. The van der Waals surface area contributed by atoms with Crippen molar-refractivity contribution in [2.24, 2.45) is 4.99 Å². The van der Waals surface area contributed by atoms with Crippen LogP contribution in [0.3, 0.4) is 0 Å². The monoisotopic (exact) mass is 213 g/mol. The van der Waals surface area contributed by atoms with Crippen molar-refractivity contribution in [1.29, 1.82) is 0 Å². The molecule has 0 unspecified atom stereocenters. The standard InChI is InChI=1S/C7H6N2O.BrH/c10-7-5-9-4-2-1-3-6(9)8-7;/h1-4H,5H2;1H/p-1. The Hall–Kier alpha value is -0.900. The Kier molecular flexibility index (Phi) is 2.24. The summed E-state index contributed by atoms with van der Waals surface area (Å²) in [5.74, 6) is 0.693. The highest BCUT2D eigenvalue weighted by Crippen LogP contribution is 2.08. The summed E-state index contributed by atoms with van der Waals surface area (Å²) in [5, 5.41) is 0. The van der Waals surface area contributed by atoms with Gasteiger partial charge in [0.1, 0.15) is 12.4 Å². The van der Waals surface area contributed by atoms with Gasteiger partial charge in [-0.15, -0.1) is 0 Å². The molecule has 4 heteroatoms. The van der Waals surface area contributed by atoms with E-state index in [1.165, 1.54) is 0 Å². The molecule has 0 N–H and O–H groups in total. The van der Waals surface area contributed by atoms with Gasteiger partial charge in [0.05, 0.1) is 0 Å². The van der Waals surface area contributed by atoms with E-state index in [1.807, 2.05) is 29.3 Å². The van der Waals surface area contributed by atoms with E-state index in [1.54, 1.807) is 0 Å². The Labute approximate surface area is 74.9 Å². The van der Waals surface area contributed by atoms with Gasteiger partial charge < -0.3 is 21.9 Å². The molecule has 0 fully saturated rings. The first-order valence-corrected chi connectivity index (χ1v) is 3.09. The molecule has 1 amide bonds. The highest BCUT2D eigenvalue weighted by Gasteiger charge is 2.19. The number of carbonyl (C=O) groups is 1. The molecule has 0 radical (unpaired) electrons. The second-order valence-electron chi connectivity index (χ2n) is 2.19. The summed E-state index contributed by atoms with van der Waals surface area (Å²) in [6, 6.07) is 0. The average molecular weight is 214 g/mol. The maximum Gasteiger partial charge on any atom is 0.267 e. The second-order valence-corrected chi connectivity index (χ2v) is 2.19. The SMILES string of the molecule is O=C1CN2C=CC=CC2=N1.[Br-]. The molecule has 2 aliphatic heterocycles. The molecule has 0 bridgehead atoms. The van der Waals surface area contributed by atoms with Crippen LogP contribution >= 0.6 is 0 Å². The highest BCUT2D eigenvalue weighted by atomic mass is 79.9. The van der Waals surface area contributed by atoms with E-state index in [0.717, 1.165) is 5.84 Å². The quantitative estimate of drug-likeness (QED) is 0.440. The van der Waals surface area contributed by atoms with Crippen molar-refractivity contribution in [2.45, 2.75) is 0 Å². The van der Waals surface area contributed by atoms with Gasteiger partial charge in [-0.3, -0.25) is 4.79 Å². The molecule has 0 aromatic rings. The first-order valence-electron chi connectivity index (χ1n) is 3.09. The lowest BCUT2D eigenvalue weighted by Gasteiger charge is -2.12. The van der Waals surface area contributed by atoms with Gasteiger partial charge in [-0.25, -0.2) is 0 Å². The van der Waals surface area contributed by atoms with E-state index >= 15 is 0 Å². The Morgan fingerprint density at radius 2 is 2.27 bits per heavy atom. The maximum absolute atomic E-state index is 10.7. The first kappa shape index (κ1) is 8.20. The van der Waals surface area contributed by atoms with E-state index in [0.29, 0.717) is 6.54 Å². The number of nitrogens with zero attached hydrogens (tertiary/aromatic N) is 2. The first-order chi connectivity index (χ1) is 4.86. The molecule has 11 heavy (non-hydrogen) atoms. The lowest BCUT2D eigenvalue weighted by Crippen LogP contribution is -3.00. The number of amides is 1. The van der Waals surface area contributed by atoms with Crippen LogP contribution in [0.4, 0.5) is 0 Å². The zero-order chi connectivity index (χ0) is 6.97. The smallest absolute Gasteiger partial charge is 0.267 e. The summed E-state index contributed by atoms with van der Waals surface area (Å²) >= 11 is 0. The minimum Gasteiger partial charge on any atom is -1.00 e. The molecule has 0 atom stereocenters. The summed E-state index contributed by atoms with van der Waals surface area (Å²) in [5.41, 5.74) is 0. The zero-order valence-electron chi connectivity index (χ0n) is 5.70. The highest BCUT2D eigenvalue weighted by molar-refractivity contribution is 6.08. The summed E-state index contributed by atoms with van der Waals surface area (Å²) in [6.45, 7) is 0.399. The molecule has 2 heterocycles. The van der Waals surface area contributed by atoms with E-state index < -0.39 is 0 Å². The lowest BCUT2D eigenvalue weighted by atomic mass is 10.3. The van der Waals surface area contributed by atoms with Gasteiger partial charge in [0.15, 0.2) is 0 Å². The van der Waals surface area contributed by atoms with Gasteiger partial charge in [-0.05, 0) is 12.2 Å². The van der Waals surface area contributed by atoms with E-state index in [4.69, 9.17) is 0 Å². The van der Waals surface area contributed by atoms with Crippen LogP contribution in [-0.4, -0.2) is 23.2 Å². The minimum absolute atomic E-state index is 0. The van der Waals surface area contributed by atoms with Crippen LogP contribution in [0.15, 0.2) is 29.4 Å². The zero-order valence-corrected chi connectivity index (χ0v) is 7.28. The third kappa shape index (κ3) is 1.40. The average Bonchev–Trinajstić information content (AvgIpc) is 2.27. The van der Waals surface area contributed by atoms with Crippen LogP contribution < -0.4 is 17.0 Å². The number of aliphatic imine (C=N–C) groups is 1. The number of halogens is 1. The van der Waals surface area contributed by atoms with Crippen LogP contribution in [0.25, 0.3) is 0 Å². The number of hydrogen-bond acceptors (Lipinski definition) is 2. The van der Waals surface area contributed by atoms with Crippen molar-refractivity contribution in [3.63, 3.8) is 0 Å². The fourth-order valence-electron chi connectivity index (χ4n) is 1.01. The van der Waals surface area contributed by atoms with Crippen molar-refractivity contribution < 1.29 is 21.8 Å². The van der Waals surface area contributed by atoms with Crippen molar-refractivity contribution in [2.75, 3.05) is 6.54 Å². The van der Waals surface area contributed by atoms with E-state index in [9.17, 15) is 4.79 Å². The number of rotatable bonds is 0. The normalized spacial score (nSPS) is 19.5. The summed E-state index contributed by atoms with van der Waals surface area (Å²) in [6.07, 6.45) is 7.43. The van der Waals surface area contributed by atoms with Crippen LogP contribution in [0.1, 0.15) is 0 Å². The van der Waals surface area contributed by atoms with Gasteiger partial charge in [0.25, 0.3) is 5.91 Å². The molecular formula is C7H6BrN2O-. The summed E-state index contributed by atoms with van der Waals surface area (Å²) in [4.78, 5) is 16.3. The van der Waals surface area contributed by atoms with Crippen molar-refractivity contribution in [3.05, 3.63) is 24.4 Å². The molecular weight excluding hydrogens is 208 g/mol. The number of carbonyl (C=O) groups excluding carboxylic acids is 1. The van der Waals surface area contributed by atoms with Gasteiger partial charge in [0, 0.05) is 6.20 Å². The van der Waals surface area contributed by atoms with Crippen molar-refractivity contribution in [1.82, 2.24) is 4.90 Å². The Bertz CT molecular complexity index is 268. The fourth-order valence-corrected chi connectivity index (χ4v) is 1.01. The number of fused-ring (bicyclic) bond motifs is 1. The molecule has 0 aromatic heterocycles. The maximum atomic E-state index is 10.7. The molecule has 0 aliphatic carbocycles. The number of amidine groups is 1. The molecule has 3 nitrogen and oxygen atoms in total. The van der Waals surface area contributed by atoms with Crippen LogP contribution in [0.2, 0.25) is 0 Å². The molecule has 0 saturated heterocycles. The number of hydrogen-bond donors (Lipinski definition) is 0. The lowest BCUT2D eigenvalue weighted by molar-refractivity contribution is -0.116. The molecule has 0 aromatic carbocycles. The Balaban J connectivity index is 0.000000605. The van der Waals surface area contributed by atoms with Crippen LogP contribution in [0.5, 0.6) is 0 Å². The molecule has 0 saturated carbocycles. The fraction of sp³-hybridized carbons (Fsp3) is 0.143. The topological polar surface area (TPSA) is 32.7 Å². The van der Waals surface area contributed by atoms with Gasteiger partial charge in [-0.2, -0.15) is 4.99 Å².